The fourth-order valence-corrected chi connectivity index (χ4v) is 3.23. The maximum atomic E-state index is 11.8. The van der Waals surface area contributed by atoms with Crippen molar-refractivity contribution in [2.24, 2.45) is 0 Å². The van der Waals surface area contributed by atoms with Gasteiger partial charge in [-0.3, -0.25) is 4.79 Å². The standard InChI is InChI=1S/C16H22ClN3O2S/c17-13-3-5-14(6-4-13)23-12-9-19-16(22)18-8-7-15(21)20-10-1-2-11-20/h3-6H,1-2,7-12H2,(H2,18,19,22). The van der Waals surface area contributed by atoms with Crippen molar-refractivity contribution in [2.75, 3.05) is 31.9 Å². The molecule has 1 aliphatic rings. The molecule has 7 heteroatoms. The van der Waals surface area contributed by atoms with Crippen molar-refractivity contribution in [3.63, 3.8) is 0 Å². The van der Waals surface area contributed by atoms with Crippen molar-refractivity contribution < 1.29 is 9.59 Å². The van der Waals surface area contributed by atoms with Crippen LogP contribution in [0.3, 0.4) is 0 Å². The minimum Gasteiger partial charge on any atom is -0.343 e. The van der Waals surface area contributed by atoms with Gasteiger partial charge in [0.2, 0.25) is 5.91 Å². The minimum absolute atomic E-state index is 0.126. The Labute approximate surface area is 146 Å². The Bertz CT molecular complexity index is 519. The van der Waals surface area contributed by atoms with Gasteiger partial charge in [-0.1, -0.05) is 11.6 Å². The van der Waals surface area contributed by atoms with Crippen LogP contribution in [0, 0.1) is 0 Å². The molecule has 0 radical (unpaired) electrons. The fourth-order valence-electron chi connectivity index (χ4n) is 2.33. The van der Waals surface area contributed by atoms with E-state index >= 15 is 0 Å². The highest BCUT2D eigenvalue weighted by Crippen LogP contribution is 2.19. The molecular weight excluding hydrogens is 334 g/mol. The average Bonchev–Trinajstić information content (AvgIpc) is 3.08. The van der Waals surface area contributed by atoms with Gasteiger partial charge in [0, 0.05) is 48.3 Å². The second kappa shape index (κ2) is 9.67. The molecule has 5 nitrogen and oxygen atoms in total. The Morgan fingerprint density at radius 3 is 2.43 bits per heavy atom. The van der Waals surface area contributed by atoms with Crippen molar-refractivity contribution in [1.82, 2.24) is 15.5 Å². The number of carbonyl (C=O) groups is 2. The summed E-state index contributed by atoms with van der Waals surface area (Å²) in [6, 6.07) is 7.38. The van der Waals surface area contributed by atoms with E-state index in [1.54, 1.807) is 11.8 Å². The van der Waals surface area contributed by atoms with Gasteiger partial charge in [-0.25, -0.2) is 4.79 Å². The number of hydrogen-bond donors (Lipinski definition) is 2. The lowest BCUT2D eigenvalue weighted by Gasteiger charge is -2.15. The minimum atomic E-state index is -0.226. The summed E-state index contributed by atoms with van der Waals surface area (Å²) < 4.78 is 0. The molecule has 126 valence electrons. The quantitative estimate of drug-likeness (QED) is 0.584. The van der Waals surface area contributed by atoms with E-state index in [1.165, 1.54) is 0 Å². The number of urea groups is 1. The molecule has 0 unspecified atom stereocenters. The first-order valence-corrected chi connectivity index (χ1v) is 9.19. The average molecular weight is 356 g/mol. The third kappa shape index (κ3) is 6.71. The first-order valence-electron chi connectivity index (χ1n) is 7.83. The van der Waals surface area contributed by atoms with Gasteiger partial charge in [0.15, 0.2) is 0 Å². The molecule has 0 spiro atoms. The highest BCUT2D eigenvalue weighted by molar-refractivity contribution is 7.99. The van der Waals surface area contributed by atoms with Crippen LogP contribution in [0.15, 0.2) is 29.2 Å². The van der Waals surface area contributed by atoms with E-state index < -0.39 is 0 Å². The summed E-state index contributed by atoms with van der Waals surface area (Å²) in [5.74, 6) is 0.906. The number of nitrogens with one attached hydrogen (secondary N) is 2. The van der Waals surface area contributed by atoms with Gasteiger partial charge in [0.1, 0.15) is 0 Å². The Hall–Kier alpha value is -1.40. The van der Waals surface area contributed by atoms with Crippen molar-refractivity contribution in [3.8, 4) is 0 Å². The molecule has 3 amide bonds. The smallest absolute Gasteiger partial charge is 0.314 e. The molecule has 0 bridgehead atoms. The SMILES string of the molecule is O=C(NCCSc1ccc(Cl)cc1)NCCC(=O)N1CCCC1. The molecular formula is C16H22ClN3O2S. The van der Waals surface area contributed by atoms with E-state index in [0.717, 1.165) is 41.6 Å². The molecule has 1 heterocycles. The van der Waals surface area contributed by atoms with Gasteiger partial charge < -0.3 is 15.5 Å². The zero-order chi connectivity index (χ0) is 16.5. The van der Waals surface area contributed by atoms with Gasteiger partial charge in [-0.2, -0.15) is 0 Å². The third-order valence-corrected chi connectivity index (χ3v) is 4.82. The first-order chi connectivity index (χ1) is 11.1. The normalized spacial score (nSPS) is 13.9. The van der Waals surface area contributed by atoms with E-state index in [1.807, 2.05) is 29.2 Å². The molecule has 1 aliphatic heterocycles. The van der Waals surface area contributed by atoms with Crippen LogP contribution in [-0.4, -0.2) is 48.8 Å². The molecule has 2 rings (SSSR count). The van der Waals surface area contributed by atoms with Crippen LogP contribution in [0.2, 0.25) is 5.02 Å². The molecule has 1 aromatic carbocycles. The Morgan fingerprint density at radius 2 is 1.74 bits per heavy atom. The predicted octanol–water partition coefficient (Wildman–Crippen LogP) is 2.74. The summed E-state index contributed by atoms with van der Waals surface area (Å²) in [6.45, 7) is 2.66. The zero-order valence-corrected chi connectivity index (χ0v) is 14.6. The maximum Gasteiger partial charge on any atom is 0.314 e. The number of carbonyl (C=O) groups excluding carboxylic acids is 2. The molecule has 0 aliphatic carbocycles. The highest BCUT2D eigenvalue weighted by atomic mass is 35.5. The molecule has 0 atom stereocenters. The molecule has 2 N–H and O–H groups in total. The fraction of sp³-hybridized carbons (Fsp3) is 0.500. The van der Waals surface area contributed by atoms with Crippen LogP contribution in [0.25, 0.3) is 0 Å². The Morgan fingerprint density at radius 1 is 1.09 bits per heavy atom. The lowest BCUT2D eigenvalue weighted by Crippen LogP contribution is -2.39. The van der Waals surface area contributed by atoms with Crippen LogP contribution in [0.1, 0.15) is 19.3 Å². The topological polar surface area (TPSA) is 61.4 Å². The number of hydrogen-bond acceptors (Lipinski definition) is 3. The van der Waals surface area contributed by atoms with Crippen LogP contribution >= 0.6 is 23.4 Å². The lowest BCUT2D eigenvalue weighted by molar-refractivity contribution is -0.129. The monoisotopic (exact) mass is 355 g/mol. The summed E-state index contributed by atoms with van der Waals surface area (Å²) in [5.41, 5.74) is 0. The summed E-state index contributed by atoms with van der Waals surface area (Å²) >= 11 is 7.48. The molecule has 1 aromatic rings. The maximum absolute atomic E-state index is 11.8. The number of nitrogens with zero attached hydrogens (tertiary/aromatic N) is 1. The zero-order valence-electron chi connectivity index (χ0n) is 13.0. The number of thioether (sulfide) groups is 1. The molecule has 23 heavy (non-hydrogen) atoms. The number of rotatable bonds is 7. The number of amides is 3. The molecule has 1 saturated heterocycles. The van der Waals surface area contributed by atoms with Crippen molar-refractivity contribution >= 4 is 35.3 Å². The number of likely N-dealkylation sites (tertiary alicyclic amines) is 1. The van der Waals surface area contributed by atoms with Crippen LogP contribution < -0.4 is 10.6 Å². The van der Waals surface area contributed by atoms with Crippen molar-refractivity contribution in [1.29, 1.82) is 0 Å². The Balaban J connectivity index is 1.51. The van der Waals surface area contributed by atoms with Crippen molar-refractivity contribution in [3.05, 3.63) is 29.3 Å². The second-order valence-corrected chi connectivity index (χ2v) is 6.93. The van der Waals surface area contributed by atoms with E-state index in [0.29, 0.717) is 19.5 Å². The summed E-state index contributed by atoms with van der Waals surface area (Å²) in [6.07, 6.45) is 2.54. The second-order valence-electron chi connectivity index (χ2n) is 5.32. The van der Waals surface area contributed by atoms with E-state index in [-0.39, 0.29) is 11.9 Å². The molecule has 0 aromatic heterocycles. The van der Waals surface area contributed by atoms with Gasteiger partial charge in [-0.05, 0) is 37.1 Å². The van der Waals surface area contributed by atoms with Crippen LogP contribution in [0.5, 0.6) is 0 Å². The van der Waals surface area contributed by atoms with Gasteiger partial charge >= 0.3 is 6.03 Å². The summed E-state index contributed by atoms with van der Waals surface area (Å²) in [4.78, 5) is 26.4. The van der Waals surface area contributed by atoms with Gasteiger partial charge in [-0.15, -0.1) is 11.8 Å². The van der Waals surface area contributed by atoms with Crippen molar-refractivity contribution in [2.45, 2.75) is 24.2 Å². The third-order valence-electron chi connectivity index (χ3n) is 3.55. The van der Waals surface area contributed by atoms with Crippen LogP contribution in [0.4, 0.5) is 4.79 Å². The van der Waals surface area contributed by atoms with E-state index in [9.17, 15) is 9.59 Å². The summed E-state index contributed by atoms with van der Waals surface area (Å²) in [7, 11) is 0. The van der Waals surface area contributed by atoms with Gasteiger partial charge in [0.05, 0.1) is 0 Å². The van der Waals surface area contributed by atoms with Gasteiger partial charge in [0.25, 0.3) is 0 Å². The van der Waals surface area contributed by atoms with E-state index in [2.05, 4.69) is 10.6 Å². The summed E-state index contributed by atoms with van der Waals surface area (Å²) in [5, 5.41) is 6.22. The number of halogens is 1. The highest BCUT2D eigenvalue weighted by Gasteiger charge is 2.17. The van der Waals surface area contributed by atoms with Crippen LogP contribution in [-0.2, 0) is 4.79 Å². The number of benzene rings is 1. The Kier molecular flexibility index (Phi) is 7.55. The van der Waals surface area contributed by atoms with E-state index in [4.69, 9.17) is 11.6 Å². The lowest BCUT2D eigenvalue weighted by atomic mass is 10.3. The molecule has 0 saturated carbocycles. The largest absolute Gasteiger partial charge is 0.343 e. The first kappa shape index (κ1) is 17.9. The molecule has 1 fully saturated rings. The predicted molar refractivity (Wildman–Crippen MR) is 94.0 cm³/mol.